The zero-order chi connectivity index (χ0) is 14.0. The maximum Gasteiger partial charge on any atom is 0.328 e. The summed E-state index contributed by atoms with van der Waals surface area (Å²) in [5.74, 6) is -1.05. The van der Waals surface area contributed by atoms with Crippen LogP contribution >= 0.6 is 0 Å². The number of aryl methyl sites for hydroxylation is 1. The second kappa shape index (κ2) is 5.23. The number of benzene rings is 1. The number of anilines is 1. The van der Waals surface area contributed by atoms with Gasteiger partial charge in [0.25, 0.3) is 5.69 Å². The lowest BCUT2D eigenvalue weighted by Crippen LogP contribution is -2.50. The third-order valence-corrected chi connectivity index (χ3v) is 3.12. The highest BCUT2D eigenvalue weighted by Crippen LogP contribution is 2.33. The highest BCUT2D eigenvalue weighted by molar-refractivity contribution is 5.81. The molecule has 19 heavy (non-hydrogen) atoms. The number of carboxylic acid groups (broad SMARTS) is 1. The Morgan fingerprint density at radius 2 is 2.32 bits per heavy atom. The molecule has 0 amide bonds. The Kier molecular flexibility index (Phi) is 3.66. The van der Waals surface area contributed by atoms with Crippen molar-refractivity contribution in [2.24, 2.45) is 0 Å². The number of carbonyl (C=O) groups is 1. The second-order valence-electron chi connectivity index (χ2n) is 4.32. The van der Waals surface area contributed by atoms with E-state index in [-0.39, 0.29) is 12.3 Å². The third kappa shape index (κ3) is 2.50. The monoisotopic (exact) mass is 266 g/mol. The molecule has 1 saturated heterocycles. The Labute approximate surface area is 109 Å². The third-order valence-electron chi connectivity index (χ3n) is 3.12. The van der Waals surface area contributed by atoms with Gasteiger partial charge in [-0.2, -0.15) is 0 Å². The van der Waals surface area contributed by atoms with Crippen LogP contribution in [0.25, 0.3) is 0 Å². The zero-order valence-corrected chi connectivity index (χ0v) is 10.4. The molecule has 0 spiro atoms. The molecule has 1 heterocycles. The van der Waals surface area contributed by atoms with Crippen LogP contribution in [0.2, 0.25) is 0 Å². The Morgan fingerprint density at radius 3 is 2.95 bits per heavy atom. The van der Waals surface area contributed by atoms with Gasteiger partial charge in [-0.3, -0.25) is 10.1 Å². The van der Waals surface area contributed by atoms with Gasteiger partial charge in [-0.1, -0.05) is 12.1 Å². The molecule has 1 unspecified atom stereocenters. The van der Waals surface area contributed by atoms with Crippen molar-refractivity contribution in [1.82, 2.24) is 0 Å². The van der Waals surface area contributed by atoms with Gasteiger partial charge in [-0.25, -0.2) is 4.79 Å². The smallest absolute Gasteiger partial charge is 0.328 e. The van der Waals surface area contributed by atoms with Crippen LogP contribution in [0, 0.1) is 17.0 Å². The van der Waals surface area contributed by atoms with Crippen molar-refractivity contribution < 1.29 is 19.6 Å². The lowest BCUT2D eigenvalue weighted by Gasteiger charge is -2.34. The quantitative estimate of drug-likeness (QED) is 0.652. The van der Waals surface area contributed by atoms with Crippen molar-refractivity contribution in [3.05, 3.63) is 33.9 Å². The Morgan fingerprint density at radius 1 is 1.58 bits per heavy atom. The number of ether oxygens (including phenoxy) is 1. The number of para-hydroxylation sites is 1. The Hall–Kier alpha value is -2.15. The average molecular weight is 266 g/mol. The van der Waals surface area contributed by atoms with Crippen molar-refractivity contribution in [2.45, 2.75) is 13.0 Å². The summed E-state index contributed by atoms with van der Waals surface area (Å²) in [5.41, 5.74) is 0.800. The van der Waals surface area contributed by atoms with Gasteiger partial charge in [-0.15, -0.1) is 0 Å². The van der Waals surface area contributed by atoms with Crippen LogP contribution in [0.1, 0.15) is 5.56 Å². The molecule has 0 saturated carbocycles. The molecule has 1 N–H and O–H groups in total. The molecule has 7 heteroatoms. The predicted molar refractivity (Wildman–Crippen MR) is 67.4 cm³/mol. The minimum absolute atomic E-state index is 0.0282. The van der Waals surface area contributed by atoms with Crippen molar-refractivity contribution in [3.8, 4) is 0 Å². The number of hydrogen-bond acceptors (Lipinski definition) is 5. The zero-order valence-electron chi connectivity index (χ0n) is 10.4. The molecule has 1 aliphatic heterocycles. The summed E-state index contributed by atoms with van der Waals surface area (Å²) in [7, 11) is 0. The van der Waals surface area contributed by atoms with Gasteiger partial charge in [-0.05, 0) is 13.0 Å². The maximum absolute atomic E-state index is 11.2. The number of hydrogen-bond donors (Lipinski definition) is 1. The molecular weight excluding hydrogens is 252 g/mol. The topological polar surface area (TPSA) is 92.9 Å². The first-order valence-corrected chi connectivity index (χ1v) is 5.83. The van der Waals surface area contributed by atoms with Gasteiger partial charge in [0, 0.05) is 12.1 Å². The molecule has 2 rings (SSSR count). The molecule has 1 fully saturated rings. The van der Waals surface area contributed by atoms with Crippen LogP contribution < -0.4 is 4.90 Å². The molecule has 102 valence electrons. The van der Waals surface area contributed by atoms with Gasteiger partial charge >= 0.3 is 5.97 Å². The van der Waals surface area contributed by atoms with Crippen molar-refractivity contribution >= 4 is 17.3 Å². The standard InChI is InChI=1S/C12H14N2O5/c1-8-3-2-4-9(11(8)14(17)18)13-5-6-19-7-10(13)12(15)16/h2-4,10H,5-7H2,1H3,(H,15,16). The fraction of sp³-hybridized carbons (Fsp3) is 0.417. The van der Waals surface area contributed by atoms with Gasteiger partial charge in [0.2, 0.25) is 0 Å². The van der Waals surface area contributed by atoms with E-state index in [1.807, 2.05) is 0 Å². The highest BCUT2D eigenvalue weighted by Gasteiger charge is 2.33. The van der Waals surface area contributed by atoms with E-state index in [1.54, 1.807) is 25.1 Å². The minimum Gasteiger partial charge on any atom is -0.480 e. The van der Waals surface area contributed by atoms with Gasteiger partial charge in [0.15, 0.2) is 6.04 Å². The summed E-state index contributed by atoms with van der Waals surface area (Å²) in [4.78, 5) is 23.4. The number of rotatable bonds is 3. The SMILES string of the molecule is Cc1cccc(N2CCOCC2C(=O)O)c1[N+](=O)[O-]. The minimum atomic E-state index is -1.05. The van der Waals surface area contributed by atoms with E-state index in [0.717, 1.165) is 0 Å². The van der Waals surface area contributed by atoms with Gasteiger partial charge in [0.1, 0.15) is 5.69 Å². The molecule has 1 atom stereocenters. The fourth-order valence-electron chi connectivity index (χ4n) is 2.21. The first-order valence-electron chi connectivity index (χ1n) is 5.83. The summed E-state index contributed by atoms with van der Waals surface area (Å²) >= 11 is 0. The normalized spacial score (nSPS) is 19.2. The molecule has 0 aliphatic carbocycles. The Bertz CT molecular complexity index is 517. The summed E-state index contributed by atoms with van der Waals surface area (Å²) in [6, 6.07) is 4.00. The molecule has 7 nitrogen and oxygen atoms in total. The first kappa shape index (κ1) is 13.3. The molecule has 1 aromatic rings. The van der Waals surface area contributed by atoms with E-state index >= 15 is 0 Å². The van der Waals surface area contributed by atoms with Crippen molar-refractivity contribution in [1.29, 1.82) is 0 Å². The van der Waals surface area contributed by atoms with E-state index in [1.165, 1.54) is 4.90 Å². The van der Waals surface area contributed by atoms with Crippen LogP contribution in [-0.4, -0.2) is 41.8 Å². The van der Waals surface area contributed by atoms with E-state index in [2.05, 4.69) is 0 Å². The van der Waals surface area contributed by atoms with Gasteiger partial charge < -0.3 is 14.7 Å². The lowest BCUT2D eigenvalue weighted by atomic mass is 10.1. The van der Waals surface area contributed by atoms with E-state index in [0.29, 0.717) is 24.4 Å². The number of nitrogens with zero attached hydrogens (tertiary/aromatic N) is 2. The summed E-state index contributed by atoms with van der Waals surface area (Å²) in [6.07, 6.45) is 0. The average Bonchev–Trinajstić information content (AvgIpc) is 2.37. The van der Waals surface area contributed by atoms with E-state index in [9.17, 15) is 20.0 Å². The Balaban J connectivity index is 2.47. The largest absolute Gasteiger partial charge is 0.480 e. The predicted octanol–water partition coefficient (Wildman–Crippen LogP) is 1.19. The summed E-state index contributed by atoms with van der Waals surface area (Å²) in [5, 5.41) is 20.3. The van der Waals surface area contributed by atoms with Crippen LogP contribution in [0.5, 0.6) is 0 Å². The number of carboxylic acids is 1. The molecule has 0 radical (unpaired) electrons. The second-order valence-corrected chi connectivity index (χ2v) is 4.32. The molecular formula is C12H14N2O5. The molecule has 1 aromatic carbocycles. The van der Waals surface area contributed by atoms with Crippen molar-refractivity contribution in [3.63, 3.8) is 0 Å². The van der Waals surface area contributed by atoms with Crippen LogP contribution in [0.15, 0.2) is 18.2 Å². The first-order chi connectivity index (χ1) is 9.02. The number of morpholine rings is 1. The number of aliphatic carboxylic acids is 1. The lowest BCUT2D eigenvalue weighted by molar-refractivity contribution is -0.384. The summed E-state index contributed by atoms with van der Waals surface area (Å²) < 4.78 is 5.13. The van der Waals surface area contributed by atoms with Crippen LogP contribution in [0.4, 0.5) is 11.4 Å². The van der Waals surface area contributed by atoms with Crippen molar-refractivity contribution in [2.75, 3.05) is 24.7 Å². The molecule has 0 aromatic heterocycles. The maximum atomic E-state index is 11.2. The number of nitro groups is 1. The molecule has 1 aliphatic rings. The molecule has 0 bridgehead atoms. The number of nitro benzene ring substituents is 1. The van der Waals surface area contributed by atoms with Crippen LogP contribution in [-0.2, 0) is 9.53 Å². The van der Waals surface area contributed by atoms with Crippen LogP contribution in [0.3, 0.4) is 0 Å². The summed E-state index contributed by atoms with van der Waals surface area (Å²) in [6.45, 7) is 2.34. The highest BCUT2D eigenvalue weighted by atomic mass is 16.6. The van der Waals surface area contributed by atoms with Gasteiger partial charge in [0.05, 0.1) is 18.1 Å². The van der Waals surface area contributed by atoms with E-state index in [4.69, 9.17) is 4.74 Å². The fourth-order valence-corrected chi connectivity index (χ4v) is 2.21. The van der Waals surface area contributed by atoms with E-state index < -0.39 is 16.9 Å².